The Labute approximate surface area is 159 Å². The average Bonchev–Trinajstić information content (AvgIpc) is 2.99. The molecule has 0 radical (unpaired) electrons. The van der Waals surface area contributed by atoms with Gasteiger partial charge < -0.3 is 0 Å². The summed E-state index contributed by atoms with van der Waals surface area (Å²) in [5.74, 6) is 0.597. The molecule has 3 heteroatoms. The van der Waals surface area contributed by atoms with Crippen LogP contribution in [0.3, 0.4) is 0 Å². The van der Waals surface area contributed by atoms with E-state index >= 15 is 0 Å². The predicted octanol–water partition coefficient (Wildman–Crippen LogP) is 6.70. The molecule has 0 aliphatic heterocycles. The lowest BCUT2D eigenvalue weighted by molar-refractivity contribution is 0.577. The largest absolute Gasteiger partial charge is 0.241 e. The van der Waals surface area contributed by atoms with Crippen LogP contribution in [0.4, 0.5) is 0 Å². The minimum absolute atomic E-state index is 0. The quantitative estimate of drug-likeness (QED) is 0.464. The Morgan fingerprint density at radius 2 is 1.72 bits per heavy atom. The third kappa shape index (κ3) is 2.71. The molecule has 1 atom stereocenters. The summed E-state index contributed by atoms with van der Waals surface area (Å²) < 4.78 is 0. The smallest absolute Gasteiger partial charge is 0.124 e. The molecule has 0 saturated carbocycles. The van der Waals surface area contributed by atoms with E-state index in [1.54, 1.807) is 16.0 Å². The van der Waals surface area contributed by atoms with Crippen molar-refractivity contribution in [3.05, 3.63) is 52.0 Å². The maximum atomic E-state index is 5.21. The van der Waals surface area contributed by atoms with Crippen molar-refractivity contribution >= 4 is 34.0 Å². The number of nitrogens with zero attached hydrogens (tertiary/aromatic N) is 1. The lowest BCUT2D eigenvalue weighted by atomic mass is 9.81. The molecule has 1 nitrogen and oxygen atoms in total. The molecular weight excluding hydrogens is 346 g/mol. The Hall–Kier alpha value is -1.38. The van der Waals surface area contributed by atoms with Crippen LogP contribution < -0.4 is 0 Å². The topological polar surface area (TPSA) is 12.9 Å². The van der Waals surface area contributed by atoms with E-state index in [1.807, 2.05) is 11.3 Å². The highest BCUT2D eigenvalue weighted by atomic mass is 35.5. The molecule has 0 bridgehead atoms. The summed E-state index contributed by atoms with van der Waals surface area (Å²) in [7, 11) is 0. The van der Waals surface area contributed by atoms with Gasteiger partial charge in [-0.3, -0.25) is 0 Å². The van der Waals surface area contributed by atoms with Crippen LogP contribution in [-0.2, 0) is 19.3 Å². The molecule has 1 aromatic carbocycles. The lowest BCUT2D eigenvalue weighted by Crippen LogP contribution is -2.11. The van der Waals surface area contributed by atoms with Gasteiger partial charge in [-0.1, -0.05) is 37.3 Å². The molecule has 1 unspecified atom stereocenters. The summed E-state index contributed by atoms with van der Waals surface area (Å²) in [4.78, 5) is 8.11. The first-order valence-electron chi connectivity index (χ1n) is 9.35. The normalized spacial score (nSPS) is 19.2. The van der Waals surface area contributed by atoms with E-state index in [2.05, 4.69) is 37.3 Å². The van der Waals surface area contributed by atoms with Gasteiger partial charge in [-0.05, 0) is 73.1 Å². The van der Waals surface area contributed by atoms with Crippen molar-refractivity contribution in [3.8, 4) is 11.1 Å². The number of benzene rings is 1. The van der Waals surface area contributed by atoms with Crippen LogP contribution in [0.1, 0.15) is 60.2 Å². The van der Waals surface area contributed by atoms with E-state index in [0.29, 0.717) is 5.92 Å². The Kier molecular flexibility index (Phi) is 4.59. The van der Waals surface area contributed by atoms with E-state index in [9.17, 15) is 0 Å². The number of aryl methyl sites for hydroxylation is 2. The molecule has 0 N–H and O–H groups in total. The molecule has 0 fully saturated rings. The number of pyridine rings is 1. The van der Waals surface area contributed by atoms with Crippen LogP contribution in [-0.4, -0.2) is 4.98 Å². The summed E-state index contributed by atoms with van der Waals surface area (Å²) in [5.41, 5.74) is 7.45. The lowest BCUT2D eigenvalue weighted by Gasteiger charge is -2.25. The molecule has 5 rings (SSSR count). The van der Waals surface area contributed by atoms with Gasteiger partial charge in [0.25, 0.3) is 0 Å². The summed E-state index contributed by atoms with van der Waals surface area (Å²) >= 11 is 1.97. The van der Waals surface area contributed by atoms with Gasteiger partial charge in [0.1, 0.15) is 4.83 Å². The van der Waals surface area contributed by atoms with Crippen molar-refractivity contribution in [3.63, 3.8) is 0 Å². The van der Waals surface area contributed by atoms with Crippen LogP contribution in [0.25, 0.3) is 21.3 Å². The second-order valence-corrected chi connectivity index (χ2v) is 8.48. The first-order valence-corrected chi connectivity index (χ1v) is 10.2. The van der Waals surface area contributed by atoms with Crippen molar-refractivity contribution in [2.75, 3.05) is 0 Å². The van der Waals surface area contributed by atoms with Crippen molar-refractivity contribution in [1.29, 1.82) is 0 Å². The van der Waals surface area contributed by atoms with E-state index < -0.39 is 0 Å². The fourth-order valence-corrected chi connectivity index (χ4v) is 5.93. The van der Waals surface area contributed by atoms with Crippen LogP contribution in [0.5, 0.6) is 0 Å². The van der Waals surface area contributed by atoms with Gasteiger partial charge in [0.15, 0.2) is 0 Å². The molecular formula is C22H24ClNS. The Morgan fingerprint density at radius 3 is 2.56 bits per heavy atom. The molecule has 2 aromatic heterocycles. The SMILES string of the molecule is CC1CCCc2c1nc1sc3c(c1c2-c1ccccc1)CCCC3.Cl. The van der Waals surface area contributed by atoms with Gasteiger partial charge in [0.05, 0.1) is 0 Å². The van der Waals surface area contributed by atoms with E-state index in [4.69, 9.17) is 4.98 Å². The fraction of sp³-hybridized carbons (Fsp3) is 0.409. The summed E-state index contributed by atoms with van der Waals surface area (Å²) in [5, 5.41) is 1.49. The van der Waals surface area contributed by atoms with Gasteiger partial charge in [-0.15, -0.1) is 23.7 Å². The maximum absolute atomic E-state index is 5.21. The predicted molar refractivity (Wildman–Crippen MR) is 110 cm³/mol. The Morgan fingerprint density at radius 1 is 0.960 bits per heavy atom. The number of hydrogen-bond donors (Lipinski definition) is 0. The minimum Gasteiger partial charge on any atom is -0.241 e. The van der Waals surface area contributed by atoms with Crippen LogP contribution in [0.2, 0.25) is 0 Å². The molecule has 3 aromatic rings. The average molecular weight is 370 g/mol. The third-order valence-electron chi connectivity index (χ3n) is 5.83. The van der Waals surface area contributed by atoms with Gasteiger partial charge in [0, 0.05) is 16.0 Å². The zero-order valence-electron chi connectivity index (χ0n) is 14.7. The number of thiophene rings is 1. The van der Waals surface area contributed by atoms with E-state index in [1.165, 1.54) is 72.0 Å². The fourth-order valence-electron chi connectivity index (χ4n) is 4.65. The molecule has 0 spiro atoms. The number of rotatable bonds is 1. The molecule has 25 heavy (non-hydrogen) atoms. The van der Waals surface area contributed by atoms with Crippen LogP contribution in [0, 0.1) is 0 Å². The van der Waals surface area contributed by atoms with E-state index in [0.717, 1.165) is 0 Å². The van der Waals surface area contributed by atoms with Crippen LogP contribution in [0.15, 0.2) is 30.3 Å². The number of hydrogen-bond acceptors (Lipinski definition) is 2. The summed E-state index contributed by atoms with van der Waals surface area (Å²) in [6.45, 7) is 2.36. The summed E-state index contributed by atoms with van der Waals surface area (Å²) in [6, 6.07) is 11.1. The number of fused-ring (bicyclic) bond motifs is 4. The molecule has 0 amide bonds. The second kappa shape index (κ2) is 6.74. The third-order valence-corrected chi connectivity index (χ3v) is 7.01. The standard InChI is InChI=1S/C22H23NS.ClH/c1-14-8-7-12-17-19(15-9-3-2-4-10-15)20-16-11-5-6-13-18(16)24-22(20)23-21(14)17;/h2-4,9-10,14H,5-8,11-13H2,1H3;1H. The van der Waals surface area contributed by atoms with Crippen molar-refractivity contribution < 1.29 is 0 Å². The zero-order valence-corrected chi connectivity index (χ0v) is 16.3. The van der Waals surface area contributed by atoms with Crippen molar-refractivity contribution in [1.82, 2.24) is 4.98 Å². The second-order valence-electron chi connectivity index (χ2n) is 7.40. The number of aromatic nitrogens is 1. The van der Waals surface area contributed by atoms with Gasteiger partial charge in [-0.25, -0.2) is 4.98 Å². The highest BCUT2D eigenvalue weighted by molar-refractivity contribution is 7.19. The molecule has 0 saturated heterocycles. The van der Waals surface area contributed by atoms with Crippen molar-refractivity contribution in [2.45, 2.75) is 57.8 Å². The number of halogens is 1. The Balaban J connectivity index is 0.00000157. The first kappa shape index (κ1) is 17.1. The highest BCUT2D eigenvalue weighted by Crippen LogP contribution is 2.46. The van der Waals surface area contributed by atoms with Crippen molar-refractivity contribution in [2.24, 2.45) is 0 Å². The van der Waals surface area contributed by atoms with Crippen LogP contribution >= 0.6 is 23.7 Å². The van der Waals surface area contributed by atoms with Gasteiger partial charge in [-0.2, -0.15) is 0 Å². The van der Waals surface area contributed by atoms with E-state index in [-0.39, 0.29) is 12.4 Å². The monoisotopic (exact) mass is 369 g/mol. The maximum Gasteiger partial charge on any atom is 0.124 e. The zero-order chi connectivity index (χ0) is 16.1. The molecule has 2 aliphatic rings. The van der Waals surface area contributed by atoms with Gasteiger partial charge in [0.2, 0.25) is 0 Å². The molecule has 2 aliphatic carbocycles. The molecule has 2 heterocycles. The van der Waals surface area contributed by atoms with Gasteiger partial charge >= 0.3 is 0 Å². The first-order chi connectivity index (χ1) is 11.8. The highest BCUT2D eigenvalue weighted by Gasteiger charge is 2.27. The summed E-state index contributed by atoms with van der Waals surface area (Å²) in [6.07, 6.45) is 8.95. The Bertz CT molecular complexity index is 913. The minimum atomic E-state index is 0. The molecule has 130 valence electrons.